The van der Waals surface area contributed by atoms with Crippen LogP contribution < -0.4 is 14.8 Å². The van der Waals surface area contributed by atoms with Gasteiger partial charge in [0.1, 0.15) is 23.0 Å². The lowest BCUT2D eigenvalue weighted by Crippen LogP contribution is -2.24. The van der Waals surface area contributed by atoms with Crippen LogP contribution in [0.15, 0.2) is 48.5 Å². The lowest BCUT2D eigenvalue weighted by atomic mass is 10.0. The van der Waals surface area contributed by atoms with Crippen LogP contribution in [0.4, 0.5) is 0 Å². The number of nitrogens with one attached hydrogen (secondary N) is 1. The summed E-state index contributed by atoms with van der Waals surface area (Å²) in [5.74, 6) is 2.59. The van der Waals surface area contributed by atoms with Crippen molar-refractivity contribution < 1.29 is 19.4 Å². The van der Waals surface area contributed by atoms with E-state index in [0.29, 0.717) is 24.5 Å². The second-order valence-electron chi connectivity index (χ2n) is 11.4. The first kappa shape index (κ1) is 34.5. The molecule has 0 aliphatic rings. The summed E-state index contributed by atoms with van der Waals surface area (Å²) in [4.78, 5) is 12.1. The molecule has 0 radical (unpaired) electrons. The Bertz CT molecular complexity index is 881. The van der Waals surface area contributed by atoms with Crippen LogP contribution in [0, 0.1) is 0 Å². The van der Waals surface area contributed by atoms with Crippen LogP contribution in [-0.4, -0.2) is 24.2 Å². The molecule has 0 heterocycles. The Morgan fingerprint density at radius 1 is 0.585 bits per heavy atom. The van der Waals surface area contributed by atoms with Gasteiger partial charge in [0.05, 0.1) is 6.61 Å². The standard InChI is InChI=1S/C36H57NO4/c1-2-3-4-5-6-7-8-9-10-11-12-13-14-15-16-19-30-37-36(39)21-18-17-20-31-40-33-26-28-35(29-27-33)41-34-24-22-32(38)23-25-34/h22-29,38H,2-21,30-31H2,1H3,(H,37,39). The Balaban J connectivity index is 1.31. The zero-order valence-electron chi connectivity index (χ0n) is 25.8. The fraction of sp³-hybridized carbons (Fsp3) is 0.639. The molecule has 230 valence electrons. The Hall–Kier alpha value is -2.69. The highest BCUT2D eigenvalue weighted by Crippen LogP contribution is 2.25. The number of aromatic hydroxyl groups is 1. The van der Waals surface area contributed by atoms with Crippen molar-refractivity contribution in [3.05, 3.63) is 48.5 Å². The molecule has 0 spiro atoms. The van der Waals surface area contributed by atoms with E-state index >= 15 is 0 Å². The van der Waals surface area contributed by atoms with Crippen molar-refractivity contribution in [3.8, 4) is 23.0 Å². The lowest BCUT2D eigenvalue weighted by Gasteiger charge is -2.09. The molecule has 0 bridgehead atoms. The number of hydrogen-bond acceptors (Lipinski definition) is 4. The van der Waals surface area contributed by atoms with E-state index in [9.17, 15) is 9.90 Å². The largest absolute Gasteiger partial charge is 0.508 e. The predicted molar refractivity (Wildman–Crippen MR) is 171 cm³/mol. The summed E-state index contributed by atoms with van der Waals surface area (Å²) in [7, 11) is 0. The molecule has 0 aliphatic heterocycles. The van der Waals surface area contributed by atoms with Crippen LogP contribution in [0.3, 0.4) is 0 Å². The van der Waals surface area contributed by atoms with Crippen LogP contribution in [0.1, 0.15) is 135 Å². The van der Waals surface area contributed by atoms with Gasteiger partial charge >= 0.3 is 0 Å². The van der Waals surface area contributed by atoms with E-state index in [-0.39, 0.29) is 11.7 Å². The third kappa shape index (κ3) is 19.1. The third-order valence-electron chi connectivity index (χ3n) is 7.57. The maximum atomic E-state index is 12.1. The second-order valence-corrected chi connectivity index (χ2v) is 11.4. The van der Waals surface area contributed by atoms with Gasteiger partial charge in [0.2, 0.25) is 5.91 Å². The Morgan fingerprint density at radius 3 is 1.56 bits per heavy atom. The summed E-state index contributed by atoms with van der Waals surface area (Å²) in [6.07, 6.45) is 25.3. The first-order chi connectivity index (χ1) is 20.2. The average molecular weight is 568 g/mol. The van der Waals surface area contributed by atoms with Crippen molar-refractivity contribution in [2.24, 2.45) is 0 Å². The molecular weight excluding hydrogens is 510 g/mol. The molecule has 5 heteroatoms. The van der Waals surface area contributed by atoms with Crippen LogP contribution in [-0.2, 0) is 4.79 Å². The number of unbranched alkanes of at least 4 members (excludes halogenated alkanes) is 17. The first-order valence-corrected chi connectivity index (χ1v) is 16.6. The second kappa shape index (κ2) is 24.0. The summed E-state index contributed by atoms with van der Waals surface area (Å²) >= 11 is 0. The molecule has 5 nitrogen and oxygen atoms in total. The average Bonchev–Trinajstić information content (AvgIpc) is 2.98. The van der Waals surface area contributed by atoms with Crippen LogP contribution in [0.25, 0.3) is 0 Å². The number of carbonyl (C=O) groups excluding carboxylic acids is 1. The molecule has 2 aromatic rings. The molecule has 1 amide bonds. The lowest BCUT2D eigenvalue weighted by molar-refractivity contribution is -0.121. The van der Waals surface area contributed by atoms with Crippen LogP contribution >= 0.6 is 0 Å². The zero-order valence-corrected chi connectivity index (χ0v) is 25.8. The minimum absolute atomic E-state index is 0.177. The van der Waals surface area contributed by atoms with Crippen molar-refractivity contribution in [1.29, 1.82) is 0 Å². The van der Waals surface area contributed by atoms with Gasteiger partial charge in [-0.05, 0) is 74.2 Å². The van der Waals surface area contributed by atoms with Crippen molar-refractivity contribution in [2.75, 3.05) is 13.2 Å². The highest BCUT2D eigenvalue weighted by molar-refractivity contribution is 5.75. The number of phenolic OH excluding ortho intramolecular Hbond substituents is 1. The van der Waals surface area contributed by atoms with Gasteiger partial charge in [-0.2, -0.15) is 0 Å². The topological polar surface area (TPSA) is 67.8 Å². The van der Waals surface area contributed by atoms with Crippen LogP contribution in [0.2, 0.25) is 0 Å². The van der Waals surface area contributed by atoms with Gasteiger partial charge < -0.3 is 19.9 Å². The normalized spacial score (nSPS) is 11.0. The molecule has 0 aliphatic carbocycles. The molecule has 0 fully saturated rings. The van der Waals surface area contributed by atoms with Gasteiger partial charge in [-0.15, -0.1) is 0 Å². The number of hydrogen-bond donors (Lipinski definition) is 2. The summed E-state index contributed by atoms with van der Waals surface area (Å²) in [5, 5.41) is 12.4. The fourth-order valence-electron chi connectivity index (χ4n) is 5.00. The van der Waals surface area contributed by atoms with Gasteiger partial charge in [-0.1, -0.05) is 103 Å². The van der Waals surface area contributed by atoms with Gasteiger partial charge in [-0.3, -0.25) is 4.79 Å². The molecular formula is C36H57NO4. The molecule has 2 N–H and O–H groups in total. The number of carbonyl (C=O) groups is 1. The van der Waals surface area contributed by atoms with Crippen LogP contribution in [0.5, 0.6) is 23.0 Å². The quantitative estimate of drug-likeness (QED) is 0.111. The molecule has 2 rings (SSSR count). The Morgan fingerprint density at radius 2 is 1.02 bits per heavy atom. The highest BCUT2D eigenvalue weighted by Gasteiger charge is 2.02. The molecule has 0 atom stereocenters. The number of benzene rings is 2. The summed E-state index contributed by atoms with van der Waals surface area (Å²) in [6.45, 7) is 3.73. The molecule has 0 saturated carbocycles. The van der Waals surface area contributed by atoms with Gasteiger partial charge in [0.15, 0.2) is 0 Å². The zero-order chi connectivity index (χ0) is 29.2. The summed E-state index contributed by atoms with van der Waals surface area (Å²) in [6, 6.07) is 14.2. The first-order valence-electron chi connectivity index (χ1n) is 16.6. The van der Waals surface area contributed by atoms with E-state index in [1.54, 1.807) is 24.3 Å². The SMILES string of the molecule is CCCCCCCCCCCCCCCCCCNC(=O)CCCCCOc1ccc(Oc2ccc(O)cc2)cc1. The van der Waals surface area contributed by atoms with Crippen molar-refractivity contribution in [1.82, 2.24) is 5.32 Å². The highest BCUT2D eigenvalue weighted by atomic mass is 16.5. The smallest absolute Gasteiger partial charge is 0.219 e. The van der Waals surface area contributed by atoms with Gasteiger partial charge in [0, 0.05) is 13.0 Å². The summed E-state index contributed by atoms with van der Waals surface area (Å²) in [5.41, 5.74) is 0. The molecule has 2 aromatic carbocycles. The maximum absolute atomic E-state index is 12.1. The molecule has 0 unspecified atom stereocenters. The van der Waals surface area contributed by atoms with E-state index < -0.39 is 0 Å². The maximum Gasteiger partial charge on any atom is 0.219 e. The Labute approximate surface area is 250 Å². The van der Waals surface area contributed by atoms with Gasteiger partial charge in [-0.25, -0.2) is 0 Å². The molecule has 0 saturated heterocycles. The van der Waals surface area contributed by atoms with Crippen molar-refractivity contribution >= 4 is 5.91 Å². The van der Waals surface area contributed by atoms with E-state index in [2.05, 4.69) is 12.2 Å². The minimum atomic E-state index is 0.177. The Kier molecular flexibility index (Phi) is 20.2. The van der Waals surface area contributed by atoms with Gasteiger partial charge in [0.25, 0.3) is 0 Å². The number of amides is 1. The van der Waals surface area contributed by atoms with Crippen molar-refractivity contribution in [2.45, 2.75) is 135 Å². The minimum Gasteiger partial charge on any atom is -0.508 e. The number of ether oxygens (including phenoxy) is 2. The van der Waals surface area contributed by atoms with E-state index in [1.807, 2.05) is 24.3 Å². The van der Waals surface area contributed by atoms with E-state index in [1.165, 1.54) is 96.3 Å². The summed E-state index contributed by atoms with van der Waals surface area (Å²) < 4.78 is 11.6. The fourth-order valence-corrected chi connectivity index (χ4v) is 5.00. The van der Waals surface area contributed by atoms with Crippen molar-refractivity contribution in [3.63, 3.8) is 0 Å². The predicted octanol–water partition coefficient (Wildman–Crippen LogP) is 10.5. The molecule has 41 heavy (non-hydrogen) atoms. The van der Waals surface area contributed by atoms with E-state index in [0.717, 1.165) is 38.0 Å². The number of phenols is 1. The van der Waals surface area contributed by atoms with E-state index in [4.69, 9.17) is 9.47 Å². The number of rotatable bonds is 26. The third-order valence-corrected chi connectivity index (χ3v) is 7.57. The molecule has 0 aromatic heterocycles. The monoisotopic (exact) mass is 567 g/mol.